The van der Waals surface area contributed by atoms with Crippen LogP contribution in [0.1, 0.15) is 303 Å². The molecule has 0 aliphatic carbocycles. The van der Waals surface area contributed by atoms with Gasteiger partial charge in [0.25, 0.3) is 0 Å². The van der Waals surface area contributed by atoms with E-state index in [0.29, 0.717) is 25.7 Å². The van der Waals surface area contributed by atoms with E-state index in [-0.39, 0.29) is 25.9 Å². The van der Waals surface area contributed by atoms with Gasteiger partial charge < -0.3 is 24.2 Å². The van der Waals surface area contributed by atoms with E-state index in [1.807, 2.05) is 6.08 Å². The third kappa shape index (κ3) is 59.5. The Bertz CT molecular complexity index is 1620. The summed E-state index contributed by atoms with van der Waals surface area (Å²) in [5.41, 5.74) is 0. The molecule has 12 heteroatoms. The third-order valence-electron chi connectivity index (χ3n) is 14.1. The van der Waals surface area contributed by atoms with Crippen molar-refractivity contribution in [3.63, 3.8) is 0 Å². The molecule has 0 rings (SSSR count). The topological polar surface area (TPSA) is 155 Å². The maximum atomic E-state index is 13.0. The quantitative estimate of drug-likeness (QED) is 0.0197. The lowest BCUT2D eigenvalue weighted by Crippen LogP contribution is -2.30. The minimum Gasteiger partial charge on any atom is -0.462 e. The number of allylic oxidation sites excluding steroid dienone is 12. The molecule has 0 aromatic heterocycles. The van der Waals surface area contributed by atoms with Crippen LogP contribution in [-0.2, 0) is 42.2 Å². The summed E-state index contributed by atoms with van der Waals surface area (Å²) in [6.45, 7) is 4.52. The minimum atomic E-state index is -4.77. The lowest BCUT2D eigenvalue weighted by molar-refractivity contribution is -0.161. The third-order valence-corrected chi connectivity index (χ3v) is 15.1. The molecule has 0 aromatic rings. The number of hydrogen-bond acceptors (Lipinski definition) is 10. The van der Waals surface area contributed by atoms with Gasteiger partial charge in [-0.15, -0.1) is 0 Å². The van der Waals surface area contributed by atoms with Crippen LogP contribution in [0.5, 0.6) is 0 Å². The molecule has 0 heterocycles. The monoisotopic (exact) mass is 1140 g/mol. The number of hydrogen-bond donors (Lipinski definition) is 2. The van der Waals surface area contributed by atoms with Crippen LogP contribution >= 0.6 is 7.82 Å². The Morgan fingerprint density at radius 2 is 0.662 bits per heavy atom. The van der Waals surface area contributed by atoms with Gasteiger partial charge in [0.2, 0.25) is 0 Å². The summed E-state index contributed by atoms with van der Waals surface area (Å²) < 4.78 is 39.6. The van der Waals surface area contributed by atoms with Crippen molar-refractivity contribution in [3.8, 4) is 0 Å². The molecule has 0 aliphatic heterocycles. The zero-order chi connectivity index (χ0) is 58.3. The fraction of sp³-hybridized carbons (Fsp3) is 0.779. The van der Waals surface area contributed by atoms with Gasteiger partial charge in [-0.25, -0.2) is 4.57 Å². The Kier molecular flexibility index (Phi) is 59.6. The van der Waals surface area contributed by atoms with E-state index in [2.05, 4.69) is 87.6 Å². The second-order valence-corrected chi connectivity index (χ2v) is 23.4. The fourth-order valence-electron chi connectivity index (χ4n) is 9.15. The molecule has 2 N–H and O–H groups in total. The summed E-state index contributed by atoms with van der Waals surface area (Å²) in [6.07, 6.45) is 71.5. The lowest BCUT2D eigenvalue weighted by atomic mass is 10.0. The van der Waals surface area contributed by atoms with Gasteiger partial charge in [0.1, 0.15) is 12.7 Å². The Morgan fingerprint density at radius 1 is 0.362 bits per heavy atom. The molecule has 3 unspecified atom stereocenters. The molecule has 464 valence electrons. The van der Waals surface area contributed by atoms with Crippen LogP contribution in [0.25, 0.3) is 0 Å². The average Bonchev–Trinajstić information content (AvgIpc) is 3.45. The highest BCUT2D eigenvalue weighted by atomic mass is 31.2. The van der Waals surface area contributed by atoms with Crippen LogP contribution in [0.2, 0.25) is 0 Å². The summed E-state index contributed by atoms with van der Waals surface area (Å²) >= 11 is 0. The van der Waals surface area contributed by atoms with Crippen LogP contribution in [0.4, 0.5) is 0 Å². The van der Waals surface area contributed by atoms with Gasteiger partial charge in [0, 0.05) is 19.3 Å². The van der Waals surface area contributed by atoms with Gasteiger partial charge in [0.15, 0.2) is 6.10 Å². The predicted octanol–water partition coefficient (Wildman–Crippen LogP) is 20.0. The number of carbonyl (C=O) groups is 3. The van der Waals surface area contributed by atoms with Crippen molar-refractivity contribution in [2.75, 3.05) is 26.4 Å². The van der Waals surface area contributed by atoms with E-state index in [1.165, 1.54) is 161 Å². The van der Waals surface area contributed by atoms with Crippen LogP contribution in [0.3, 0.4) is 0 Å². The number of ether oxygens (including phenoxy) is 3. The predicted molar refractivity (Wildman–Crippen MR) is 335 cm³/mol. The summed E-state index contributed by atoms with van der Waals surface area (Å²) in [4.78, 5) is 48.8. The Morgan fingerprint density at radius 3 is 1.06 bits per heavy atom. The molecular weight excluding hydrogens is 1020 g/mol. The van der Waals surface area contributed by atoms with Crippen LogP contribution in [0.15, 0.2) is 72.9 Å². The minimum absolute atomic E-state index is 0.0897. The molecule has 0 radical (unpaired) electrons. The number of aliphatic hydroxyl groups is 1. The Hall–Kier alpha value is -3.08. The normalized spacial score (nSPS) is 13.7. The van der Waals surface area contributed by atoms with Crippen molar-refractivity contribution < 1.29 is 52.2 Å². The molecule has 0 saturated carbocycles. The van der Waals surface area contributed by atoms with E-state index >= 15 is 0 Å². The van der Waals surface area contributed by atoms with Crippen LogP contribution in [0, 0.1) is 0 Å². The molecule has 0 aromatic carbocycles. The Labute approximate surface area is 490 Å². The molecule has 0 saturated heterocycles. The SMILES string of the molecule is CC/C=C\C/C=C\C/C=C\C/C=C\C/C=C\CCCC(=O)OC(COC(=O)CCCCCCCCCCCCCCCCCCCCC)COP(=O)(O)OCC(CO)OC(=O)CCCCCCCCC/C=C\CCCCCCCC. The number of aliphatic hydroxyl groups excluding tert-OH is 1. The molecule has 0 amide bonds. The van der Waals surface area contributed by atoms with E-state index < -0.39 is 57.8 Å². The van der Waals surface area contributed by atoms with Gasteiger partial charge in [-0.05, 0) is 83.5 Å². The Balaban J connectivity index is 4.73. The number of phosphoric ester groups is 1. The largest absolute Gasteiger partial charge is 0.472 e. The molecule has 0 bridgehead atoms. The van der Waals surface area contributed by atoms with Crippen LogP contribution < -0.4 is 0 Å². The molecule has 0 fully saturated rings. The number of rotatable bonds is 61. The van der Waals surface area contributed by atoms with Crippen molar-refractivity contribution in [3.05, 3.63) is 72.9 Å². The number of unbranched alkanes of at least 4 members (excludes halogenated alkanes) is 32. The molecular formula is C68H121O11P. The summed E-state index contributed by atoms with van der Waals surface area (Å²) in [5.74, 6) is -1.52. The first-order valence-electron chi connectivity index (χ1n) is 32.8. The maximum absolute atomic E-state index is 13.0. The van der Waals surface area contributed by atoms with Crippen molar-refractivity contribution >= 4 is 25.7 Å². The molecule has 11 nitrogen and oxygen atoms in total. The summed E-state index contributed by atoms with van der Waals surface area (Å²) in [7, 11) is -4.77. The van der Waals surface area contributed by atoms with Crippen molar-refractivity contribution in [2.24, 2.45) is 0 Å². The van der Waals surface area contributed by atoms with Gasteiger partial charge in [0.05, 0.1) is 19.8 Å². The standard InChI is InChI=1S/C68H121O11P/c1-4-7-10-13-16-19-22-25-28-31-32-35-36-39-42-45-48-51-54-57-66(70)75-61-65(79-68(72)59-56-53-50-47-44-41-38-34-30-27-24-21-18-15-12-9-6-3)63-77-80(73,74)76-62-64(60-69)78-67(71)58-55-52-49-46-43-40-37-33-29-26-23-20-17-14-11-8-5-2/h9,12,18,21,26-27,29-30,38,41,47,50,64-65,69H,4-8,10-11,13-17,19-20,22-25,28,31-37,39-40,42-46,48-49,51-63H2,1-3H3,(H,73,74)/b12-9-,21-18-,29-26-,30-27-,41-38-,50-47-. The highest BCUT2D eigenvalue weighted by Gasteiger charge is 2.28. The summed E-state index contributed by atoms with van der Waals surface area (Å²) in [5, 5.41) is 9.86. The number of esters is 3. The van der Waals surface area contributed by atoms with E-state index in [0.717, 1.165) is 77.0 Å². The smallest absolute Gasteiger partial charge is 0.462 e. The number of carbonyl (C=O) groups excluding carboxylic acids is 3. The lowest BCUT2D eigenvalue weighted by Gasteiger charge is -2.21. The molecule has 80 heavy (non-hydrogen) atoms. The highest BCUT2D eigenvalue weighted by Crippen LogP contribution is 2.43. The maximum Gasteiger partial charge on any atom is 0.472 e. The number of phosphoric acid groups is 1. The first kappa shape index (κ1) is 76.9. The molecule has 0 spiro atoms. The molecule has 0 aliphatic rings. The van der Waals surface area contributed by atoms with Crippen molar-refractivity contribution in [2.45, 2.75) is 315 Å². The second kappa shape index (κ2) is 62.0. The van der Waals surface area contributed by atoms with Gasteiger partial charge in [-0.1, -0.05) is 273 Å². The van der Waals surface area contributed by atoms with E-state index in [4.69, 9.17) is 23.3 Å². The summed E-state index contributed by atoms with van der Waals surface area (Å²) in [6, 6.07) is 0. The van der Waals surface area contributed by atoms with E-state index in [9.17, 15) is 28.9 Å². The van der Waals surface area contributed by atoms with Crippen molar-refractivity contribution in [1.29, 1.82) is 0 Å². The van der Waals surface area contributed by atoms with Gasteiger partial charge >= 0.3 is 25.7 Å². The van der Waals surface area contributed by atoms with Crippen molar-refractivity contribution in [1.82, 2.24) is 0 Å². The molecule has 3 atom stereocenters. The van der Waals surface area contributed by atoms with Gasteiger partial charge in [-0.3, -0.25) is 23.4 Å². The first-order chi connectivity index (χ1) is 39.2. The van der Waals surface area contributed by atoms with E-state index in [1.54, 1.807) is 0 Å². The first-order valence-corrected chi connectivity index (χ1v) is 34.3. The zero-order valence-electron chi connectivity index (χ0n) is 51.5. The second-order valence-electron chi connectivity index (χ2n) is 21.9. The zero-order valence-corrected chi connectivity index (χ0v) is 52.4. The van der Waals surface area contributed by atoms with Crippen LogP contribution in [-0.4, -0.2) is 66.5 Å². The average molecular weight is 1150 g/mol. The highest BCUT2D eigenvalue weighted by molar-refractivity contribution is 7.47. The fourth-order valence-corrected chi connectivity index (χ4v) is 9.94. The van der Waals surface area contributed by atoms with Gasteiger partial charge in [-0.2, -0.15) is 0 Å².